The van der Waals surface area contributed by atoms with Crippen LogP contribution in [0.15, 0.2) is 24.3 Å². The molecule has 3 atom stereocenters. The second-order valence-electron chi connectivity index (χ2n) is 7.34. The summed E-state index contributed by atoms with van der Waals surface area (Å²) in [5, 5.41) is 11.2. The standard InChI is InChI=1S/C18H23N3O3/c22-18(15-12-13-5-6-14(15)11-13)20-9-7-19(8-10-20)16-3-1-2-4-17(16)21(23)24/h1-4,13-15H,5-12H2/t13-,14-,15+/m0/s1. The Kier molecular flexibility index (Phi) is 3.90. The Morgan fingerprint density at radius 2 is 1.83 bits per heavy atom. The second kappa shape index (κ2) is 6.07. The molecule has 3 fully saturated rings. The maximum Gasteiger partial charge on any atom is 0.292 e. The number of hydrogen-bond acceptors (Lipinski definition) is 4. The number of para-hydroxylation sites is 2. The summed E-state index contributed by atoms with van der Waals surface area (Å²) in [6.45, 7) is 2.66. The SMILES string of the molecule is O=C([C@@H]1C[C@H]2CC[C@H]1C2)N1CCN(c2ccccc2[N+](=O)[O-])CC1. The average Bonchev–Trinajstić information content (AvgIpc) is 3.24. The van der Waals surface area contributed by atoms with Crippen molar-refractivity contribution >= 4 is 17.3 Å². The molecule has 1 heterocycles. The molecule has 4 rings (SSSR count). The number of piperazine rings is 1. The summed E-state index contributed by atoms with van der Waals surface area (Å²) in [4.78, 5) is 27.7. The largest absolute Gasteiger partial charge is 0.362 e. The number of fused-ring (bicyclic) bond motifs is 2. The van der Waals surface area contributed by atoms with Crippen LogP contribution in [0.2, 0.25) is 0 Å². The Hall–Kier alpha value is -2.11. The molecule has 2 aliphatic carbocycles. The van der Waals surface area contributed by atoms with Crippen molar-refractivity contribution in [1.82, 2.24) is 4.90 Å². The number of nitrogens with zero attached hydrogens (tertiary/aromatic N) is 3. The van der Waals surface area contributed by atoms with Crippen molar-refractivity contribution in [3.05, 3.63) is 34.4 Å². The maximum absolute atomic E-state index is 12.8. The highest BCUT2D eigenvalue weighted by atomic mass is 16.6. The van der Waals surface area contributed by atoms with E-state index in [9.17, 15) is 14.9 Å². The van der Waals surface area contributed by atoms with Gasteiger partial charge >= 0.3 is 0 Å². The zero-order valence-corrected chi connectivity index (χ0v) is 13.8. The third-order valence-corrected chi connectivity index (χ3v) is 6.07. The van der Waals surface area contributed by atoms with Crippen LogP contribution in [0.3, 0.4) is 0 Å². The van der Waals surface area contributed by atoms with Crippen molar-refractivity contribution in [3.63, 3.8) is 0 Å². The summed E-state index contributed by atoms with van der Waals surface area (Å²) >= 11 is 0. The van der Waals surface area contributed by atoms with Gasteiger partial charge in [-0.3, -0.25) is 14.9 Å². The summed E-state index contributed by atoms with van der Waals surface area (Å²) in [7, 11) is 0. The van der Waals surface area contributed by atoms with Crippen LogP contribution in [-0.2, 0) is 4.79 Å². The summed E-state index contributed by atoms with van der Waals surface area (Å²) < 4.78 is 0. The number of nitro groups is 1. The molecule has 1 saturated heterocycles. The Balaban J connectivity index is 1.40. The molecule has 0 spiro atoms. The topological polar surface area (TPSA) is 66.7 Å². The van der Waals surface area contributed by atoms with Crippen molar-refractivity contribution < 1.29 is 9.72 Å². The first-order chi connectivity index (χ1) is 11.6. The second-order valence-corrected chi connectivity index (χ2v) is 7.34. The van der Waals surface area contributed by atoms with Crippen molar-refractivity contribution in [1.29, 1.82) is 0 Å². The van der Waals surface area contributed by atoms with E-state index in [2.05, 4.69) is 0 Å². The van der Waals surface area contributed by atoms with Crippen LogP contribution in [-0.4, -0.2) is 41.9 Å². The maximum atomic E-state index is 12.8. The van der Waals surface area contributed by atoms with Crippen molar-refractivity contribution in [2.24, 2.45) is 17.8 Å². The van der Waals surface area contributed by atoms with Gasteiger partial charge in [0.05, 0.1) is 4.92 Å². The monoisotopic (exact) mass is 329 g/mol. The van der Waals surface area contributed by atoms with Crippen LogP contribution >= 0.6 is 0 Å². The van der Waals surface area contributed by atoms with Crippen LogP contribution in [0.25, 0.3) is 0 Å². The van der Waals surface area contributed by atoms with Crippen LogP contribution < -0.4 is 4.90 Å². The molecule has 0 radical (unpaired) electrons. The highest BCUT2D eigenvalue weighted by Gasteiger charge is 2.44. The van der Waals surface area contributed by atoms with E-state index in [4.69, 9.17) is 0 Å². The van der Waals surface area contributed by atoms with Gasteiger partial charge in [-0.1, -0.05) is 18.6 Å². The first kappa shape index (κ1) is 15.4. The Bertz CT molecular complexity index is 655. The van der Waals surface area contributed by atoms with Crippen molar-refractivity contribution in [2.45, 2.75) is 25.7 Å². The lowest BCUT2D eigenvalue weighted by Gasteiger charge is -2.38. The Morgan fingerprint density at radius 3 is 2.46 bits per heavy atom. The molecule has 6 heteroatoms. The highest BCUT2D eigenvalue weighted by Crippen LogP contribution is 2.49. The third kappa shape index (κ3) is 2.64. The molecule has 1 aromatic carbocycles. The fourth-order valence-electron chi connectivity index (χ4n) is 4.84. The van der Waals surface area contributed by atoms with E-state index in [-0.39, 0.29) is 16.5 Å². The minimum Gasteiger partial charge on any atom is -0.362 e. The van der Waals surface area contributed by atoms with Gasteiger partial charge in [0, 0.05) is 38.2 Å². The van der Waals surface area contributed by atoms with E-state index in [1.165, 1.54) is 19.3 Å². The number of carbonyl (C=O) groups excluding carboxylic acids is 1. The normalized spacial score (nSPS) is 29.1. The molecule has 1 amide bonds. The molecule has 0 aromatic heterocycles. The molecule has 2 bridgehead atoms. The summed E-state index contributed by atoms with van der Waals surface area (Å²) in [5.74, 6) is 1.94. The summed E-state index contributed by atoms with van der Waals surface area (Å²) in [5.41, 5.74) is 0.805. The third-order valence-electron chi connectivity index (χ3n) is 6.07. The molecule has 24 heavy (non-hydrogen) atoms. The molecule has 1 aromatic rings. The molecular weight excluding hydrogens is 306 g/mol. The number of amides is 1. The van der Waals surface area contributed by atoms with Gasteiger partial charge in [-0.15, -0.1) is 0 Å². The predicted molar refractivity (Wildman–Crippen MR) is 90.8 cm³/mol. The van der Waals surface area contributed by atoms with E-state index in [0.29, 0.717) is 43.7 Å². The zero-order valence-electron chi connectivity index (χ0n) is 13.8. The lowest BCUT2D eigenvalue weighted by Crippen LogP contribution is -2.51. The van der Waals surface area contributed by atoms with Gasteiger partial charge in [-0.05, 0) is 37.2 Å². The molecule has 128 valence electrons. The number of hydrogen-bond donors (Lipinski definition) is 0. The number of carbonyl (C=O) groups is 1. The molecule has 1 aliphatic heterocycles. The number of nitro benzene ring substituents is 1. The molecule has 2 saturated carbocycles. The minimum absolute atomic E-state index is 0.144. The van der Waals surface area contributed by atoms with E-state index in [1.54, 1.807) is 18.2 Å². The fourth-order valence-corrected chi connectivity index (χ4v) is 4.84. The molecular formula is C18H23N3O3. The smallest absolute Gasteiger partial charge is 0.292 e. The average molecular weight is 329 g/mol. The van der Waals surface area contributed by atoms with E-state index in [1.807, 2.05) is 15.9 Å². The Labute approximate surface area is 141 Å². The van der Waals surface area contributed by atoms with Crippen molar-refractivity contribution in [2.75, 3.05) is 31.1 Å². The highest BCUT2D eigenvalue weighted by molar-refractivity contribution is 5.80. The van der Waals surface area contributed by atoms with E-state index < -0.39 is 0 Å². The van der Waals surface area contributed by atoms with Crippen molar-refractivity contribution in [3.8, 4) is 0 Å². The van der Waals surface area contributed by atoms with Crippen LogP contribution in [0, 0.1) is 27.9 Å². The number of benzene rings is 1. The number of anilines is 1. The van der Waals surface area contributed by atoms with Gasteiger partial charge in [0.2, 0.25) is 5.91 Å². The summed E-state index contributed by atoms with van der Waals surface area (Å²) in [6, 6.07) is 6.86. The van der Waals surface area contributed by atoms with Gasteiger partial charge in [-0.25, -0.2) is 0 Å². The molecule has 6 nitrogen and oxygen atoms in total. The molecule has 0 unspecified atom stereocenters. The Morgan fingerprint density at radius 1 is 1.08 bits per heavy atom. The van der Waals surface area contributed by atoms with Gasteiger partial charge in [-0.2, -0.15) is 0 Å². The minimum atomic E-state index is -0.331. The van der Waals surface area contributed by atoms with Gasteiger partial charge < -0.3 is 9.80 Å². The predicted octanol–water partition coefficient (Wildman–Crippen LogP) is 2.68. The zero-order chi connectivity index (χ0) is 16.7. The first-order valence-corrected chi connectivity index (χ1v) is 8.90. The van der Waals surface area contributed by atoms with E-state index in [0.717, 1.165) is 12.3 Å². The van der Waals surface area contributed by atoms with Crippen LogP contribution in [0.4, 0.5) is 11.4 Å². The molecule has 0 N–H and O–H groups in total. The van der Waals surface area contributed by atoms with Crippen LogP contribution in [0.1, 0.15) is 25.7 Å². The van der Waals surface area contributed by atoms with Gasteiger partial charge in [0.25, 0.3) is 5.69 Å². The number of rotatable bonds is 3. The fraction of sp³-hybridized carbons (Fsp3) is 0.611. The summed E-state index contributed by atoms with van der Waals surface area (Å²) in [6.07, 6.45) is 4.84. The first-order valence-electron chi connectivity index (χ1n) is 8.90. The lowest BCUT2D eigenvalue weighted by molar-refractivity contribution is -0.384. The van der Waals surface area contributed by atoms with Crippen LogP contribution in [0.5, 0.6) is 0 Å². The van der Waals surface area contributed by atoms with E-state index >= 15 is 0 Å². The molecule has 3 aliphatic rings. The lowest BCUT2D eigenvalue weighted by atomic mass is 9.87. The quantitative estimate of drug-likeness (QED) is 0.632. The van der Waals surface area contributed by atoms with Gasteiger partial charge in [0.15, 0.2) is 0 Å². The van der Waals surface area contributed by atoms with Gasteiger partial charge in [0.1, 0.15) is 5.69 Å².